The Morgan fingerprint density at radius 1 is 1.25 bits per heavy atom. The van der Waals surface area contributed by atoms with Crippen LogP contribution in [0.15, 0.2) is 24.3 Å². The predicted molar refractivity (Wildman–Crippen MR) is 94.6 cm³/mol. The van der Waals surface area contributed by atoms with E-state index in [9.17, 15) is 9.59 Å². The monoisotopic (exact) mass is 328 g/mol. The number of fused-ring (bicyclic) bond motifs is 1. The number of piperidine rings is 1. The highest BCUT2D eigenvalue weighted by Gasteiger charge is 2.43. The molecular weight excluding hydrogens is 300 g/mol. The normalized spacial score (nSPS) is 32.6. The third-order valence-corrected chi connectivity index (χ3v) is 5.97. The maximum absolute atomic E-state index is 12.4. The van der Waals surface area contributed by atoms with Gasteiger partial charge in [-0.3, -0.25) is 9.59 Å². The molecule has 1 heterocycles. The summed E-state index contributed by atoms with van der Waals surface area (Å²) in [7, 11) is 0. The molecule has 0 spiro atoms. The van der Waals surface area contributed by atoms with E-state index in [2.05, 4.69) is 24.5 Å². The van der Waals surface area contributed by atoms with E-state index in [0.717, 1.165) is 31.2 Å². The summed E-state index contributed by atoms with van der Waals surface area (Å²) in [4.78, 5) is 24.7. The van der Waals surface area contributed by atoms with Crippen LogP contribution in [-0.2, 0) is 4.79 Å². The molecule has 0 radical (unpaired) electrons. The molecule has 1 aromatic carbocycles. The zero-order chi connectivity index (χ0) is 17.3. The standard InChI is InChI=1S/C20H28N2O2/c1-4-16-13(3)17-10-9-15(11-18(17)22-20(16)24)21-19(23)14-7-5-12(2)6-8-14/h5-8,13,15-18H,4,9-11H2,1-3H3,(H,21,23)(H,22,24). The second-order valence-electron chi connectivity index (χ2n) is 7.50. The Morgan fingerprint density at radius 3 is 2.62 bits per heavy atom. The number of carbonyl (C=O) groups is 2. The van der Waals surface area contributed by atoms with Crippen molar-refractivity contribution in [2.45, 2.75) is 58.5 Å². The van der Waals surface area contributed by atoms with Gasteiger partial charge in [-0.25, -0.2) is 0 Å². The van der Waals surface area contributed by atoms with Crippen LogP contribution in [0.25, 0.3) is 0 Å². The van der Waals surface area contributed by atoms with Crippen LogP contribution < -0.4 is 10.6 Å². The molecule has 0 aromatic heterocycles. The van der Waals surface area contributed by atoms with Crippen LogP contribution in [0.2, 0.25) is 0 Å². The average Bonchev–Trinajstić information content (AvgIpc) is 2.55. The fourth-order valence-corrected chi connectivity index (χ4v) is 4.48. The van der Waals surface area contributed by atoms with Crippen molar-refractivity contribution in [3.8, 4) is 0 Å². The van der Waals surface area contributed by atoms with Crippen LogP contribution in [0.3, 0.4) is 0 Å². The van der Waals surface area contributed by atoms with Crippen molar-refractivity contribution < 1.29 is 9.59 Å². The topological polar surface area (TPSA) is 58.2 Å². The minimum absolute atomic E-state index is 0.0138. The van der Waals surface area contributed by atoms with Crippen molar-refractivity contribution in [3.05, 3.63) is 35.4 Å². The first-order chi connectivity index (χ1) is 11.5. The largest absolute Gasteiger partial charge is 0.353 e. The second-order valence-corrected chi connectivity index (χ2v) is 7.50. The minimum Gasteiger partial charge on any atom is -0.353 e. The molecule has 24 heavy (non-hydrogen) atoms. The highest BCUT2D eigenvalue weighted by molar-refractivity contribution is 5.94. The quantitative estimate of drug-likeness (QED) is 0.896. The highest BCUT2D eigenvalue weighted by atomic mass is 16.2. The summed E-state index contributed by atoms with van der Waals surface area (Å²) in [5.74, 6) is 1.30. The average molecular weight is 328 g/mol. The number of benzene rings is 1. The van der Waals surface area contributed by atoms with E-state index in [1.165, 1.54) is 0 Å². The van der Waals surface area contributed by atoms with E-state index >= 15 is 0 Å². The number of nitrogens with one attached hydrogen (secondary N) is 2. The number of amides is 2. The van der Waals surface area contributed by atoms with E-state index < -0.39 is 0 Å². The van der Waals surface area contributed by atoms with Gasteiger partial charge < -0.3 is 10.6 Å². The predicted octanol–water partition coefficient (Wildman–Crippen LogP) is 3.05. The highest BCUT2D eigenvalue weighted by Crippen LogP contribution is 2.38. The van der Waals surface area contributed by atoms with Crippen molar-refractivity contribution in [3.63, 3.8) is 0 Å². The Morgan fingerprint density at radius 2 is 1.96 bits per heavy atom. The molecule has 5 unspecified atom stereocenters. The van der Waals surface area contributed by atoms with Gasteiger partial charge in [0.15, 0.2) is 0 Å². The maximum Gasteiger partial charge on any atom is 0.251 e. The first-order valence-electron chi connectivity index (χ1n) is 9.17. The van der Waals surface area contributed by atoms with E-state index in [4.69, 9.17) is 0 Å². The Kier molecular flexibility index (Phi) is 4.93. The maximum atomic E-state index is 12.4. The van der Waals surface area contributed by atoms with E-state index in [1.807, 2.05) is 31.2 Å². The van der Waals surface area contributed by atoms with Gasteiger partial charge in [-0.1, -0.05) is 31.5 Å². The first-order valence-corrected chi connectivity index (χ1v) is 9.17. The molecule has 2 aliphatic rings. The molecular formula is C20H28N2O2. The van der Waals surface area contributed by atoms with Crippen molar-refractivity contribution in [2.24, 2.45) is 17.8 Å². The molecule has 130 valence electrons. The van der Waals surface area contributed by atoms with Crippen molar-refractivity contribution >= 4 is 11.8 Å². The van der Waals surface area contributed by atoms with Gasteiger partial charge in [0.25, 0.3) is 5.91 Å². The summed E-state index contributed by atoms with van der Waals surface area (Å²) in [6, 6.07) is 8.00. The van der Waals surface area contributed by atoms with Gasteiger partial charge in [0, 0.05) is 23.6 Å². The molecule has 5 atom stereocenters. The Labute approximate surface area is 144 Å². The van der Waals surface area contributed by atoms with Crippen LogP contribution in [0.4, 0.5) is 0 Å². The summed E-state index contributed by atoms with van der Waals surface area (Å²) in [6.45, 7) is 6.32. The van der Waals surface area contributed by atoms with Crippen molar-refractivity contribution in [1.29, 1.82) is 0 Å². The molecule has 3 rings (SSSR count). The van der Waals surface area contributed by atoms with Gasteiger partial charge >= 0.3 is 0 Å². The Hall–Kier alpha value is -1.84. The SMILES string of the molecule is CCC1C(=O)NC2CC(NC(=O)c3ccc(C)cc3)CCC2C1C. The van der Waals surface area contributed by atoms with Crippen LogP contribution >= 0.6 is 0 Å². The molecule has 2 N–H and O–H groups in total. The molecule has 4 heteroatoms. The number of hydrogen-bond donors (Lipinski definition) is 2. The lowest BCUT2D eigenvalue weighted by Crippen LogP contribution is -2.58. The van der Waals surface area contributed by atoms with Crippen molar-refractivity contribution in [1.82, 2.24) is 10.6 Å². The molecule has 1 aromatic rings. The summed E-state index contributed by atoms with van der Waals surface area (Å²) in [6.07, 6.45) is 3.81. The molecule has 1 saturated carbocycles. The van der Waals surface area contributed by atoms with Gasteiger partial charge in [-0.05, 0) is 56.6 Å². The van der Waals surface area contributed by atoms with Crippen LogP contribution in [-0.4, -0.2) is 23.9 Å². The van der Waals surface area contributed by atoms with Crippen LogP contribution in [0.5, 0.6) is 0 Å². The zero-order valence-electron chi connectivity index (χ0n) is 14.8. The summed E-state index contributed by atoms with van der Waals surface area (Å²) < 4.78 is 0. The van der Waals surface area contributed by atoms with Gasteiger partial charge in [-0.15, -0.1) is 0 Å². The first kappa shape index (κ1) is 17.0. The number of aryl methyl sites for hydroxylation is 1. The molecule has 1 aliphatic heterocycles. The molecule has 0 bridgehead atoms. The van der Waals surface area contributed by atoms with E-state index in [0.29, 0.717) is 17.4 Å². The summed E-state index contributed by atoms with van der Waals surface area (Å²) in [5, 5.41) is 6.36. The van der Waals surface area contributed by atoms with E-state index in [1.54, 1.807) is 0 Å². The molecule has 4 nitrogen and oxygen atoms in total. The Bertz CT molecular complexity index is 611. The fraction of sp³-hybridized carbons (Fsp3) is 0.600. The number of hydrogen-bond acceptors (Lipinski definition) is 2. The molecule has 2 amide bonds. The van der Waals surface area contributed by atoms with Crippen LogP contribution in [0, 0.1) is 24.7 Å². The molecule has 2 fully saturated rings. The van der Waals surface area contributed by atoms with E-state index in [-0.39, 0.29) is 29.8 Å². The Balaban J connectivity index is 1.62. The van der Waals surface area contributed by atoms with Gasteiger partial charge in [0.2, 0.25) is 5.91 Å². The van der Waals surface area contributed by atoms with Gasteiger partial charge in [0.1, 0.15) is 0 Å². The lowest BCUT2D eigenvalue weighted by atomic mass is 9.67. The smallest absolute Gasteiger partial charge is 0.251 e. The number of carbonyl (C=O) groups excluding carboxylic acids is 2. The minimum atomic E-state index is -0.0138. The van der Waals surface area contributed by atoms with Gasteiger partial charge in [-0.2, -0.15) is 0 Å². The molecule has 1 saturated heterocycles. The third-order valence-electron chi connectivity index (χ3n) is 5.97. The second kappa shape index (κ2) is 6.96. The van der Waals surface area contributed by atoms with Crippen LogP contribution in [0.1, 0.15) is 55.5 Å². The van der Waals surface area contributed by atoms with Crippen molar-refractivity contribution in [2.75, 3.05) is 0 Å². The summed E-state index contributed by atoms with van der Waals surface area (Å²) >= 11 is 0. The zero-order valence-corrected chi connectivity index (χ0v) is 14.8. The molecule has 1 aliphatic carbocycles. The number of rotatable bonds is 3. The summed E-state index contributed by atoms with van der Waals surface area (Å²) in [5.41, 5.74) is 1.85. The fourth-order valence-electron chi connectivity index (χ4n) is 4.48. The lowest BCUT2D eigenvalue weighted by Gasteiger charge is -2.46. The van der Waals surface area contributed by atoms with Gasteiger partial charge in [0.05, 0.1) is 0 Å². The third kappa shape index (κ3) is 3.33. The lowest BCUT2D eigenvalue weighted by molar-refractivity contribution is -0.133.